The highest BCUT2D eigenvalue weighted by atomic mass is 32.3. The van der Waals surface area contributed by atoms with Gasteiger partial charge in [-0.2, -0.15) is 8.42 Å². The molecule has 0 aromatic heterocycles. The molecule has 0 saturated carbocycles. The van der Waals surface area contributed by atoms with Crippen molar-refractivity contribution in [2.24, 2.45) is 0 Å². The van der Waals surface area contributed by atoms with E-state index in [-0.39, 0.29) is 19.6 Å². The van der Waals surface area contributed by atoms with Crippen molar-refractivity contribution in [2.75, 3.05) is 26.4 Å². The molecular formula is C59H94O12S. The lowest BCUT2D eigenvalue weighted by atomic mass is 9.99. The number of hydrogen-bond acceptors (Lipinski definition) is 11. The fraction of sp³-hybridized carbons (Fsp3) is 0.610. The minimum absolute atomic E-state index is 0.00166. The Kier molecular flexibility index (Phi) is 44.4. The molecule has 1 rings (SSSR count). The molecule has 0 aliphatic carbocycles. The molecule has 408 valence electrons. The molecule has 0 bridgehead atoms. The van der Waals surface area contributed by atoms with Gasteiger partial charge in [-0.1, -0.05) is 186 Å². The Bertz CT molecular complexity index is 1760. The van der Waals surface area contributed by atoms with Crippen LogP contribution in [0.3, 0.4) is 0 Å². The highest BCUT2D eigenvalue weighted by Gasteiger charge is 2.48. The predicted molar refractivity (Wildman–Crippen MR) is 294 cm³/mol. The molecule has 0 radical (unpaired) electrons. The van der Waals surface area contributed by atoms with Crippen LogP contribution in [0.1, 0.15) is 168 Å². The van der Waals surface area contributed by atoms with Crippen LogP contribution >= 0.6 is 0 Å². The molecule has 1 aliphatic heterocycles. The zero-order chi connectivity index (χ0) is 52.4. The van der Waals surface area contributed by atoms with E-state index >= 15 is 0 Å². The Morgan fingerprint density at radius 1 is 0.528 bits per heavy atom. The molecule has 0 aromatic carbocycles. The molecule has 0 amide bonds. The van der Waals surface area contributed by atoms with Gasteiger partial charge in [0.05, 0.1) is 19.8 Å². The van der Waals surface area contributed by atoms with Gasteiger partial charge in [-0.05, 0) is 109 Å². The zero-order valence-corrected chi connectivity index (χ0v) is 44.7. The van der Waals surface area contributed by atoms with Gasteiger partial charge in [0.25, 0.3) is 0 Å². The van der Waals surface area contributed by atoms with Crippen molar-refractivity contribution in [1.29, 1.82) is 0 Å². The zero-order valence-electron chi connectivity index (χ0n) is 43.9. The van der Waals surface area contributed by atoms with Crippen molar-refractivity contribution in [2.45, 2.75) is 205 Å². The summed E-state index contributed by atoms with van der Waals surface area (Å²) >= 11 is 0. The van der Waals surface area contributed by atoms with Crippen molar-refractivity contribution >= 4 is 16.4 Å². The average molecular weight is 1030 g/mol. The van der Waals surface area contributed by atoms with Gasteiger partial charge in [-0.25, -0.2) is 4.18 Å². The molecule has 12 nitrogen and oxygen atoms in total. The SMILES string of the molecule is CC/C=C\C/C=C\C/C=C\C/C=C\C/C=C\C/C=C\CCCCCOCC(COC1OC(CO)C(O)C(OS(=O)(=O)O)C1O)OC(=O)CCCCCCCCC/C=C\C/C=C\C/C=C\C/C=C\C/C=C\CC. The summed E-state index contributed by atoms with van der Waals surface area (Å²) in [6, 6.07) is 0. The Balaban J connectivity index is 2.40. The van der Waals surface area contributed by atoms with Gasteiger partial charge >= 0.3 is 16.4 Å². The fourth-order valence-corrected chi connectivity index (χ4v) is 7.80. The van der Waals surface area contributed by atoms with Gasteiger partial charge < -0.3 is 34.3 Å². The summed E-state index contributed by atoms with van der Waals surface area (Å²) in [4.78, 5) is 12.9. The number of carbonyl (C=O) groups is 1. The molecule has 0 spiro atoms. The first-order valence-corrected chi connectivity index (χ1v) is 28.3. The first kappa shape index (κ1) is 66.3. The van der Waals surface area contributed by atoms with Crippen LogP contribution in [0.25, 0.3) is 0 Å². The predicted octanol–water partition coefficient (Wildman–Crippen LogP) is 13.1. The fourth-order valence-electron chi connectivity index (χ4n) is 7.29. The van der Waals surface area contributed by atoms with E-state index in [9.17, 15) is 33.1 Å². The van der Waals surface area contributed by atoms with Crippen LogP contribution in [-0.2, 0) is 38.3 Å². The second kappa shape index (κ2) is 48.2. The maximum Gasteiger partial charge on any atom is 0.397 e. The van der Waals surface area contributed by atoms with Crippen LogP contribution in [0.15, 0.2) is 134 Å². The second-order valence-corrected chi connectivity index (χ2v) is 18.7. The van der Waals surface area contributed by atoms with E-state index in [1.807, 2.05) is 0 Å². The Hall–Kier alpha value is -3.76. The highest BCUT2D eigenvalue weighted by Crippen LogP contribution is 2.26. The van der Waals surface area contributed by atoms with Crippen LogP contribution in [0.5, 0.6) is 0 Å². The van der Waals surface area contributed by atoms with E-state index in [0.717, 1.165) is 135 Å². The van der Waals surface area contributed by atoms with Gasteiger partial charge in [0.1, 0.15) is 30.5 Å². The molecule has 13 heteroatoms. The maximum atomic E-state index is 12.9. The van der Waals surface area contributed by atoms with Crippen LogP contribution in [0.2, 0.25) is 0 Å². The minimum Gasteiger partial charge on any atom is -0.457 e. The first-order valence-electron chi connectivity index (χ1n) is 26.9. The molecule has 1 heterocycles. The van der Waals surface area contributed by atoms with E-state index in [4.69, 9.17) is 18.9 Å². The van der Waals surface area contributed by atoms with Crippen LogP contribution in [0, 0.1) is 0 Å². The topological polar surface area (TPSA) is 178 Å². The third kappa shape index (κ3) is 40.7. The largest absolute Gasteiger partial charge is 0.457 e. The molecule has 1 aliphatic rings. The van der Waals surface area contributed by atoms with Gasteiger partial charge in [-0.3, -0.25) is 9.35 Å². The molecule has 1 fully saturated rings. The van der Waals surface area contributed by atoms with Crippen molar-refractivity contribution in [1.82, 2.24) is 0 Å². The summed E-state index contributed by atoms with van der Waals surface area (Å²) in [5.74, 6) is -0.429. The maximum absolute atomic E-state index is 12.9. The van der Waals surface area contributed by atoms with Gasteiger partial charge in [-0.15, -0.1) is 0 Å². The number of rotatable bonds is 45. The van der Waals surface area contributed by atoms with E-state index in [1.54, 1.807) is 0 Å². The third-order valence-electron chi connectivity index (χ3n) is 11.3. The quantitative estimate of drug-likeness (QED) is 0.0197. The standard InChI is InChI=1S/C59H94O12S/c1-3-5-7-9-11-13-15-17-19-21-23-25-27-28-30-32-34-36-38-40-42-44-46-48-55(61)69-53(52-68-59-57(63)58(71-72(64,65)66)56(62)54(50-60)70-59)51-67-49-47-45-43-41-39-37-35-33-31-29-26-24-22-20-18-16-14-12-10-8-6-4-2/h5-8,11-14,17-20,23-26,28,30-31,33,37,39,53-54,56-60,62-63H,3-4,9-10,15-16,21-22,27,29,32,34-36,38,40-52H2,1-2H3,(H,64,65,66)/b7-5-,8-6-,13-11-,14-12-,19-17-,20-18-,25-23-,26-24-,30-28-,33-31-,39-37-. The van der Waals surface area contributed by atoms with Crippen molar-refractivity contribution in [3.05, 3.63) is 134 Å². The highest BCUT2D eigenvalue weighted by molar-refractivity contribution is 7.80. The first-order chi connectivity index (χ1) is 35.1. The van der Waals surface area contributed by atoms with Crippen molar-refractivity contribution in [3.63, 3.8) is 0 Å². The van der Waals surface area contributed by atoms with Crippen molar-refractivity contribution < 1.29 is 56.2 Å². The number of esters is 1. The summed E-state index contributed by atoms with van der Waals surface area (Å²) in [6.45, 7) is 3.65. The number of hydrogen-bond donors (Lipinski definition) is 4. The Morgan fingerprint density at radius 2 is 0.917 bits per heavy atom. The minimum atomic E-state index is -5.08. The Labute approximate surface area is 435 Å². The molecule has 6 atom stereocenters. The summed E-state index contributed by atoms with van der Waals surface area (Å²) in [6.07, 6.45) is 61.9. The van der Waals surface area contributed by atoms with Crippen LogP contribution < -0.4 is 0 Å². The number of ether oxygens (including phenoxy) is 4. The summed E-state index contributed by atoms with van der Waals surface area (Å²) in [5, 5.41) is 30.8. The average Bonchev–Trinajstić information content (AvgIpc) is 3.36. The smallest absolute Gasteiger partial charge is 0.397 e. The number of unbranched alkanes of at least 4 members (excludes halogenated alkanes) is 10. The molecule has 6 unspecified atom stereocenters. The van der Waals surface area contributed by atoms with Crippen LogP contribution in [-0.4, -0.2) is 97.5 Å². The number of aliphatic hydroxyl groups is 3. The number of aliphatic hydroxyl groups excluding tert-OH is 3. The summed E-state index contributed by atoms with van der Waals surface area (Å²) in [7, 11) is -5.08. The monoisotopic (exact) mass is 1030 g/mol. The van der Waals surface area contributed by atoms with Crippen molar-refractivity contribution in [3.8, 4) is 0 Å². The van der Waals surface area contributed by atoms with E-state index in [1.165, 1.54) is 6.42 Å². The van der Waals surface area contributed by atoms with E-state index in [2.05, 4.69) is 152 Å². The second-order valence-electron chi connectivity index (χ2n) is 17.7. The molecule has 1 saturated heterocycles. The van der Waals surface area contributed by atoms with Gasteiger partial charge in [0.2, 0.25) is 0 Å². The van der Waals surface area contributed by atoms with E-state index < -0.39 is 59.8 Å². The summed E-state index contributed by atoms with van der Waals surface area (Å²) < 4.78 is 59.3. The lowest BCUT2D eigenvalue weighted by Gasteiger charge is -2.41. The normalized spacial score (nSPS) is 20.0. The van der Waals surface area contributed by atoms with Crippen LogP contribution in [0.4, 0.5) is 0 Å². The van der Waals surface area contributed by atoms with Gasteiger partial charge in [0.15, 0.2) is 6.29 Å². The molecular weight excluding hydrogens is 933 g/mol. The van der Waals surface area contributed by atoms with E-state index in [0.29, 0.717) is 13.0 Å². The lowest BCUT2D eigenvalue weighted by molar-refractivity contribution is -0.301. The third-order valence-corrected chi connectivity index (χ3v) is 11.7. The molecule has 72 heavy (non-hydrogen) atoms. The number of allylic oxidation sites excluding steroid dienone is 22. The number of carbonyl (C=O) groups excluding carboxylic acids is 1. The molecule has 0 aromatic rings. The van der Waals surface area contributed by atoms with Gasteiger partial charge in [0, 0.05) is 13.0 Å². The lowest BCUT2D eigenvalue weighted by Crippen LogP contribution is -2.60. The Morgan fingerprint density at radius 3 is 1.33 bits per heavy atom. The molecule has 4 N–H and O–H groups in total. The summed E-state index contributed by atoms with van der Waals surface area (Å²) in [5.41, 5.74) is 0.